The van der Waals surface area contributed by atoms with Crippen LogP contribution in [0.4, 0.5) is 4.79 Å². The predicted octanol–water partition coefficient (Wildman–Crippen LogP) is 2.02. The number of ether oxygens (including phenoxy) is 3. The van der Waals surface area contributed by atoms with E-state index in [0.29, 0.717) is 12.4 Å². The minimum absolute atomic E-state index is 0.109. The van der Waals surface area contributed by atoms with Crippen LogP contribution in [-0.4, -0.2) is 51.1 Å². The van der Waals surface area contributed by atoms with Crippen LogP contribution in [0.3, 0.4) is 0 Å². The summed E-state index contributed by atoms with van der Waals surface area (Å²) >= 11 is 0. The lowest BCUT2D eigenvalue weighted by molar-refractivity contribution is -0.141. The first-order chi connectivity index (χ1) is 13.7. The van der Waals surface area contributed by atoms with Crippen LogP contribution in [0.15, 0.2) is 30.3 Å². The van der Waals surface area contributed by atoms with Crippen molar-refractivity contribution in [2.24, 2.45) is 0 Å². The number of tetrazole rings is 1. The van der Waals surface area contributed by atoms with Crippen molar-refractivity contribution in [1.82, 2.24) is 25.5 Å². The van der Waals surface area contributed by atoms with Gasteiger partial charge in [0.25, 0.3) is 0 Å². The Morgan fingerprint density at radius 2 is 1.93 bits per heavy atom. The summed E-state index contributed by atoms with van der Waals surface area (Å²) < 4.78 is 17.5. The van der Waals surface area contributed by atoms with Crippen molar-refractivity contribution in [2.45, 2.75) is 52.5 Å². The number of benzene rings is 1. The van der Waals surface area contributed by atoms with Gasteiger partial charge < -0.3 is 19.5 Å². The smallest absolute Gasteiger partial charge is 0.408 e. The zero-order valence-electron chi connectivity index (χ0n) is 17.1. The maximum atomic E-state index is 12.3. The standard InChI is InChI=1S/C19H27N5O5/c1-14(25)28-11-10-24-17(21-22-23-24)16(20-18(26)29-19(2,3)4)13-27-12-15-8-6-5-7-9-15/h5-9,16H,10-13H2,1-4H3,(H,20,26)/t16-/m1/s1. The monoisotopic (exact) mass is 405 g/mol. The summed E-state index contributed by atoms with van der Waals surface area (Å²) in [6.45, 7) is 7.49. The van der Waals surface area contributed by atoms with Gasteiger partial charge in [0.15, 0.2) is 5.82 Å². The highest BCUT2D eigenvalue weighted by atomic mass is 16.6. The first-order valence-electron chi connectivity index (χ1n) is 9.25. The molecular weight excluding hydrogens is 378 g/mol. The molecule has 0 fully saturated rings. The van der Waals surface area contributed by atoms with E-state index < -0.39 is 23.7 Å². The van der Waals surface area contributed by atoms with E-state index in [0.717, 1.165) is 5.56 Å². The summed E-state index contributed by atoms with van der Waals surface area (Å²) in [7, 11) is 0. The van der Waals surface area contributed by atoms with Gasteiger partial charge in [0.1, 0.15) is 18.2 Å². The second-order valence-corrected chi connectivity index (χ2v) is 7.30. The lowest BCUT2D eigenvalue weighted by Gasteiger charge is -2.23. The van der Waals surface area contributed by atoms with Gasteiger partial charge in [0, 0.05) is 6.92 Å². The Kier molecular flexibility index (Phi) is 8.08. The number of nitrogens with zero attached hydrogens (tertiary/aromatic N) is 4. The topological polar surface area (TPSA) is 117 Å². The van der Waals surface area contributed by atoms with Crippen molar-refractivity contribution in [2.75, 3.05) is 13.2 Å². The maximum Gasteiger partial charge on any atom is 0.408 e. The lowest BCUT2D eigenvalue weighted by Crippen LogP contribution is -2.38. The van der Waals surface area contributed by atoms with Gasteiger partial charge in [-0.05, 0) is 36.8 Å². The van der Waals surface area contributed by atoms with Gasteiger partial charge in [-0.1, -0.05) is 30.3 Å². The zero-order chi connectivity index (χ0) is 21.3. The Bertz CT molecular complexity index is 788. The second-order valence-electron chi connectivity index (χ2n) is 7.30. The average molecular weight is 405 g/mol. The molecule has 1 atom stereocenters. The second kappa shape index (κ2) is 10.5. The van der Waals surface area contributed by atoms with Crippen molar-refractivity contribution >= 4 is 12.1 Å². The number of alkyl carbamates (subject to hydrolysis) is 1. The number of amides is 1. The molecule has 10 heteroatoms. The first kappa shape index (κ1) is 22.3. The molecule has 10 nitrogen and oxygen atoms in total. The van der Waals surface area contributed by atoms with Gasteiger partial charge in [-0.25, -0.2) is 9.48 Å². The van der Waals surface area contributed by atoms with Crippen LogP contribution in [-0.2, 0) is 32.2 Å². The average Bonchev–Trinajstić information content (AvgIpc) is 3.08. The van der Waals surface area contributed by atoms with E-state index in [1.807, 2.05) is 30.3 Å². The molecule has 2 rings (SSSR count). The Morgan fingerprint density at radius 3 is 2.59 bits per heavy atom. The highest BCUT2D eigenvalue weighted by Gasteiger charge is 2.25. The summed E-state index contributed by atoms with van der Waals surface area (Å²) in [4.78, 5) is 23.2. The summed E-state index contributed by atoms with van der Waals surface area (Å²) in [6.07, 6.45) is -0.611. The predicted molar refractivity (Wildman–Crippen MR) is 103 cm³/mol. The van der Waals surface area contributed by atoms with Gasteiger partial charge in [-0.15, -0.1) is 5.10 Å². The minimum Gasteiger partial charge on any atom is -0.464 e. The van der Waals surface area contributed by atoms with Crippen molar-refractivity contribution in [3.8, 4) is 0 Å². The summed E-state index contributed by atoms with van der Waals surface area (Å²) in [5, 5.41) is 14.3. The molecule has 0 radical (unpaired) electrons. The molecule has 0 aliphatic rings. The first-order valence-corrected chi connectivity index (χ1v) is 9.25. The van der Waals surface area contributed by atoms with E-state index in [1.165, 1.54) is 11.6 Å². The summed E-state index contributed by atoms with van der Waals surface area (Å²) in [6, 6.07) is 9.00. The molecule has 1 aromatic heterocycles. The molecule has 29 heavy (non-hydrogen) atoms. The molecule has 1 N–H and O–H groups in total. The molecule has 0 saturated heterocycles. The van der Waals surface area contributed by atoms with Crippen LogP contribution in [0.5, 0.6) is 0 Å². The molecule has 1 heterocycles. The van der Waals surface area contributed by atoms with Gasteiger partial charge in [0.2, 0.25) is 0 Å². The molecule has 0 aliphatic carbocycles. The van der Waals surface area contributed by atoms with Crippen molar-refractivity contribution in [3.63, 3.8) is 0 Å². The Hall–Kier alpha value is -3.01. The molecule has 1 amide bonds. The molecule has 0 aliphatic heterocycles. The van der Waals surface area contributed by atoms with Gasteiger partial charge in [0.05, 0.1) is 19.8 Å². The number of hydrogen-bond donors (Lipinski definition) is 1. The van der Waals surface area contributed by atoms with Crippen molar-refractivity contribution < 1.29 is 23.8 Å². The third kappa shape index (κ3) is 8.26. The molecule has 2 aromatic rings. The molecule has 1 aromatic carbocycles. The van der Waals surface area contributed by atoms with E-state index in [2.05, 4.69) is 20.8 Å². The Labute approximate surface area is 169 Å². The van der Waals surface area contributed by atoms with Crippen LogP contribution in [0.1, 0.15) is 45.1 Å². The SMILES string of the molecule is CC(=O)OCCn1nnnc1[C@@H](COCc1ccccc1)NC(=O)OC(C)(C)C. The Balaban J connectivity index is 2.06. The number of carbonyl (C=O) groups excluding carboxylic acids is 2. The molecule has 0 unspecified atom stereocenters. The number of hydrogen-bond acceptors (Lipinski definition) is 8. The minimum atomic E-state index is -0.652. The fourth-order valence-corrected chi connectivity index (χ4v) is 2.40. The van der Waals surface area contributed by atoms with Gasteiger partial charge in [-0.3, -0.25) is 4.79 Å². The van der Waals surface area contributed by atoms with Crippen LogP contribution in [0, 0.1) is 0 Å². The third-order valence-corrected chi connectivity index (χ3v) is 3.57. The molecule has 0 saturated carbocycles. The summed E-state index contributed by atoms with van der Waals surface area (Å²) in [5.74, 6) is -0.0229. The Morgan fingerprint density at radius 1 is 1.21 bits per heavy atom. The van der Waals surface area contributed by atoms with Gasteiger partial charge >= 0.3 is 12.1 Å². The lowest BCUT2D eigenvalue weighted by atomic mass is 10.2. The third-order valence-electron chi connectivity index (χ3n) is 3.57. The molecular formula is C19H27N5O5. The van der Waals surface area contributed by atoms with E-state index in [9.17, 15) is 9.59 Å². The number of esters is 1. The molecule has 158 valence electrons. The van der Waals surface area contributed by atoms with Crippen LogP contribution < -0.4 is 5.32 Å². The van der Waals surface area contributed by atoms with Crippen LogP contribution in [0.2, 0.25) is 0 Å². The highest BCUT2D eigenvalue weighted by Crippen LogP contribution is 2.14. The van der Waals surface area contributed by atoms with Gasteiger partial charge in [-0.2, -0.15) is 0 Å². The van der Waals surface area contributed by atoms with E-state index >= 15 is 0 Å². The normalized spacial score (nSPS) is 12.3. The summed E-state index contributed by atoms with van der Waals surface area (Å²) in [5.41, 5.74) is 0.346. The highest BCUT2D eigenvalue weighted by molar-refractivity contribution is 5.68. The fraction of sp³-hybridized carbons (Fsp3) is 0.526. The quantitative estimate of drug-likeness (QED) is 0.630. The number of carbonyl (C=O) groups is 2. The molecule has 0 spiro atoms. The molecule has 0 bridgehead atoms. The van der Waals surface area contributed by atoms with Crippen LogP contribution >= 0.6 is 0 Å². The number of rotatable bonds is 9. The van der Waals surface area contributed by atoms with E-state index in [-0.39, 0.29) is 19.8 Å². The zero-order valence-corrected chi connectivity index (χ0v) is 17.1. The van der Waals surface area contributed by atoms with E-state index in [1.54, 1.807) is 20.8 Å². The number of nitrogens with one attached hydrogen (secondary N) is 1. The fourth-order valence-electron chi connectivity index (χ4n) is 2.40. The van der Waals surface area contributed by atoms with Crippen molar-refractivity contribution in [1.29, 1.82) is 0 Å². The van der Waals surface area contributed by atoms with E-state index in [4.69, 9.17) is 14.2 Å². The largest absolute Gasteiger partial charge is 0.464 e. The number of aromatic nitrogens is 4. The van der Waals surface area contributed by atoms with Crippen LogP contribution in [0.25, 0.3) is 0 Å². The maximum absolute atomic E-state index is 12.3. The van der Waals surface area contributed by atoms with Crippen molar-refractivity contribution in [3.05, 3.63) is 41.7 Å².